The van der Waals surface area contributed by atoms with E-state index in [0.717, 1.165) is 36.8 Å². The number of nitrogens with zero attached hydrogens (tertiary/aromatic N) is 1. The highest BCUT2D eigenvalue weighted by atomic mass is 19.1. The molecule has 0 radical (unpaired) electrons. The molecule has 26 heavy (non-hydrogen) atoms. The lowest BCUT2D eigenvalue weighted by molar-refractivity contribution is 0.375. The Bertz CT molecular complexity index is 794. The normalized spacial score (nSPS) is 20.2. The van der Waals surface area contributed by atoms with Gasteiger partial charge in [0.15, 0.2) is 0 Å². The number of benzene rings is 2. The molecule has 0 spiro atoms. The van der Waals surface area contributed by atoms with Gasteiger partial charge in [-0.15, -0.1) is 0 Å². The zero-order chi connectivity index (χ0) is 18.4. The van der Waals surface area contributed by atoms with Gasteiger partial charge in [0, 0.05) is 0 Å². The second-order valence-corrected chi connectivity index (χ2v) is 6.95. The zero-order valence-corrected chi connectivity index (χ0v) is 14.8. The maximum absolute atomic E-state index is 13.8. The molecule has 3 heteroatoms. The van der Waals surface area contributed by atoms with Crippen molar-refractivity contribution in [2.24, 2.45) is 5.92 Å². The second-order valence-electron chi connectivity index (χ2n) is 6.95. The third-order valence-corrected chi connectivity index (χ3v) is 5.26. The highest BCUT2D eigenvalue weighted by Gasteiger charge is 2.20. The molecule has 0 aromatic heterocycles. The Labute approximate surface area is 154 Å². The van der Waals surface area contributed by atoms with Crippen LogP contribution in [-0.2, 0) is 0 Å². The van der Waals surface area contributed by atoms with Crippen molar-refractivity contribution in [3.05, 3.63) is 71.6 Å². The molecular weight excluding hydrogens is 328 g/mol. The molecule has 0 N–H and O–H groups in total. The van der Waals surface area contributed by atoms with Crippen LogP contribution in [0.15, 0.2) is 54.6 Å². The third kappa shape index (κ3) is 4.38. The number of halogens is 2. The Kier molecular flexibility index (Phi) is 6.17. The van der Waals surface area contributed by atoms with Gasteiger partial charge in [0.25, 0.3) is 0 Å². The molecule has 1 fully saturated rings. The van der Waals surface area contributed by atoms with Crippen LogP contribution in [0.3, 0.4) is 0 Å². The van der Waals surface area contributed by atoms with Crippen LogP contribution in [0.25, 0.3) is 11.1 Å². The van der Waals surface area contributed by atoms with Crippen LogP contribution in [0.1, 0.15) is 49.1 Å². The van der Waals surface area contributed by atoms with Crippen LogP contribution in [-0.4, -0.2) is 6.67 Å². The molecule has 2 aromatic carbocycles. The molecule has 3 rings (SSSR count). The Hall–Kier alpha value is -2.47. The van der Waals surface area contributed by atoms with Crippen LogP contribution in [0.2, 0.25) is 0 Å². The van der Waals surface area contributed by atoms with Crippen molar-refractivity contribution >= 4 is 0 Å². The van der Waals surface area contributed by atoms with Gasteiger partial charge in [-0.2, -0.15) is 5.26 Å². The summed E-state index contributed by atoms with van der Waals surface area (Å²) in [4.78, 5) is 0. The van der Waals surface area contributed by atoms with Gasteiger partial charge < -0.3 is 0 Å². The fourth-order valence-electron chi connectivity index (χ4n) is 3.73. The fraction of sp³-hybridized carbons (Fsp3) is 0.348. The van der Waals surface area contributed by atoms with E-state index in [0.29, 0.717) is 18.3 Å². The maximum Gasteiger partial charge on any atom is 0.141 e. The van der Waals surface area contributed by atoms with E-state index >= 15 is 0 Å². The van der Waals surface area contributed by atoms with Crippen molar-refractivity contribution in [3.63, 3.8) is 0 Å². The van der Waals surface area contributed by atoms with Gasteiger partial charge in [-0.3, -0.25) is 4.39 Å². The molecule has 0 saturated heterocycles. The van der Waals surface area contributed by atoms with Gasteiger partial charge in [-0.25, -0.2) is 4.39 Å². The van der Waals surface area contributed by atoms with Crippen LogP contribution in [0.5, 0.6) is 0 Å². The first-order valence-electron chi connectivity index (χ1n) is 9.24. The summed E-state index contributed by atoms with van der Waals surface area (Å²) in [6.07, 6.45) is 9.27. The molecule has 0 unspecified atom stereocenters. The molecule has 1 aliphatic rings. The van der Waals surface area contributed by atoms with Crippen molar-refractivity contribution < 1.29 is 8.78 Å². The molecule has 0 aliphatic heterocycles. The van der Waals surface area contributed by atoms with Crippen LogP contribution in [0.4, 0.5) is 8.78 Å². The van der Waals surface area contributed by atoms with Crippen molar-refractivity contribution in [2.75, 3.05) is 6.67 Å². The van der Waals surface area contributed by atoms with Gasteiger partial charge in [0.2, 0.25) is 0 Å². The first kappa shape index (κ1) is 18.3. The van der Waals surface area contributed by atoms with Crippen molar-refractivity contribution in [3.8, 4) is 17.2 Å². The lowest BCUT2D eigenvalue weighted by atomic mass is 9.78. The molecule has 1 saturated carbocycles. The van der Waals surface area contributed by atoms with E-state index < -0.39 is 5.82 Å². The summed E-state index contributed by atoms with van der Waals surface area (Å²) in [7, 11) is 0. The molecule has 2 aromatic rings. The first-order valence-corrected chi connectivity index (χ1v) is 9.24. The Balaban J connectivity index is 1.64. The average molecular weight is 351 g/mol. The Morgan fingerprint density at radius 1 is 1.00 bits per heavy atom. The summed E-state index contributed by atoms with van der Waals surface area (Å²) in [5.41, 5.74) is 3.14. The zero-order valence-electron chi connectivity index (χ0n) is 14.8. The molecular formula is C23H23F2N. The molecule has 0 heterocycles. The first-order chi connectivity index (χ1) is 12.7. The highest BCUT2D eigenvalue weighted by Crippen LogP contribution is 2.37. The van der Waals surface area contributed by atoms with E-state index in [-0.39, 0.29) is 12.2 Å². The van der Waals surface area contributed by atoms with Gasteiger partial charge >= 0.3 is 0 Å². The fourth-order valence-corrected chi connectivity index (χ4v) is 3.73. The summed E-state index contributed by atoms with van der Waals surface area (Å²) in [5, 5.41) is 8.83. The third-order valence-electron chi connectivity index (χ3n) is 5.26. The summed E-state index contributed by atoms with van der Waals surface area (Å²) in [5.74, 6) is 0.666. The number of hydrogen-bond donors (Lipinski definition) is 0. The number of hydrogen-bond acceptors (Lipinski definition) is 1. The van der Waals surface area contributed by atoms with Crippen molar-refractivity contribution in [1.82, 2.24) is 0 Å². The average Bonchev–Trinajstić information content (AvgIpc) is 2.69. The summed E-state index contributed by atoms with van der Waals surface area (Å²) >= 11 is 0. The lowest BCUT2D eigenvalue weighted by Gasteiger charge is -2.27. The summed E-state index contributed by atoms with van der Waals surface area (Å²) < 4.78 is 26.0. The smallest absolute Gasteiger partial charge is 0.141 e. The Morgan fingerprint density at radius 3 is 2.31 bits per heavy atom. The van der Waals surface area contributed by atoms with E-state index in [1.54, 1.807) is 6.07 Å². The SMILES string of the molecule is N#Cc1ccc(-c2ccc([C@H]3CC[C@H](C=CCCF)CC3)cc2)cc1F. The molecule has 134 valence electrons. The van der Waals surface area contributed by atoms with Crippen LogP contribution in [0, 0.1) is 23.1 Å². The monoisotopic (exact) mass is 351 g/mol. The quantitative estimate of drug-likeness (QED) is 0.560. The summed E-state index contributed by atoms with van der Waals surface area (Å²) in [6.45, 7) is -0.276. The van der Waals surface area contributed by atoms with E-state index in [4.69, 9.17) is 5.26 Å². The Morgan fingerprint density at radius 2 is 1.69 bits per heavy atom. The van der Waals surface area contributed by atoms with Gasteiger partial charge in [-0.1, -0.05) is 42.5 Å². The van der Waals surface area contributed by atoms with Gasteiger partial charge in [0.1, 0.15) is 11.9 Å². The predicted molar refractivity (Wildman–Crippen MR) is 101 cm³/mol. The van der Waals surface area contributed by atoms with Gasteiger partial charge in [0.05, 0.1) is 12.2 Å². The number of alkyl halides is 1. The van der Waals surface area contributed by atoms with E-state index in [1.807, 2.05) is 24.3 Å². The molecule has 0 amide bonds. The molecule has 0 atom stereocenters. The number of allylic oxidation sites excluding steroid dienone is 2. The second kappa shape index (κ2) is 8.76. The topological polar surface area (TPSA) is 23.8 Å². The van der Waals surface area contributed by atoms with E-state index in [1.165, 1.54) is 17.7 Å². The van der Waals surface area contributed by atoms with Crippen molar-refractivity contribution in [2.45, 2.75) is 38.0 Å². The standard InChI is InChI=1S/C23H23F2N/c24-14-2-1-3-17-4-6-18(7-5-17)19-8-10-20(11-9-19)21-12-13-22(16-26)23(25)15-21/h1,3,8-13,15,17-18H,2,4-7,14H2/t17-,18-. The predicted octanol–water partition coefficient (Wildman–Crippen LogP) is 6.55. The highest BCUT2D eigenvalue weighted by molar-refractivity contribution is 5.64. The minimum absolute atomic E-state index is 0.0719. The lowest BCUT2D eigenvalue weighted by Crippen LogP contribution is -2.11. The minimum atomic E-state index is -0.479. The number of nitriles is 1. The van der Waals surface area contributed by atoms with Gasteiger partial charge in [-0.05, 0) is 72.8 Å². The van der Waals surface area contributed by atoms with E-state index in [2.05, 4.69) is 18.2 Å². The molecule has 1 nitrogen and oxygen atoms in total. The molecule has 0 bridgehead atoms. The van der Waals surface area contributed by atoms with Crippen LogP contribution < -0.4 is 0 Å². The maximum atomic E-state index is 13.8. The largest absolute Gasteiger partial charge is 0.251 e. The summed E-state index contributed by atoms with van der Waals surface area (Å²) in [6, 6.07) is 14.9. The van der Waals surface area contributed by atoms with E-state index in [9.17, 15) is 8.78 Å². The molecule has 1 aliphatic carbocycles. The van der Waals surface area contributed by atoms with Crippen molar-refractivity contribution in [1.29, 1.82) is 5.26 Å². The van der Waals surface area contributed by atoms with Crippen LogP contribution >= 0.6 is 0 Å². The minimum Gasteiger partial charge on any atom is -0.251 e. The number of rotatable bonds is 5.